The van der Waals surface area contributed by atoms with Crippen LogP contribution in [0.25, 0.3) is 0 Å². The van der Waals surface area contributed by atoms with E-state index in [-0.39, 0.29) is 18.0 Å². The Balaban J connectivity index is 2.69. The van der Waals surface area contributed by atoms with Gasteiger partial charge in [-0.1, -0.05) is 32.0 Å². The number of nitrogens with two attached hydrogens (primary N) is 1. The topological polar surface area (TPSA) is 55.1 Å². The molecule has 3 N–H and O–H groups in total. The maximum absolute atomic E-state index is 12.8. The van der Waals surface area contributed by atoms with Crippen LogP contribution in [0.3, 0.4) is 0 Å². The third-order valence-electron chi connectivity index (χ3n) is 2.84. The number of benzene rings is 1. The summed E-state index contributed by atoms with van der Waals surface area (Å²) in [5, 5.41) is 2.45. The van der Waals surface area contributed by atoms with Gasteiger partial charge in [-0.3, -0.25) is 4.79 Å². The Bertz CT molecular complexity index is 458. The lowest BCUT2D eigenvalue weighted by Gasteiger charge is -2.16. The second kappa shape index (κ2) is 6.74. The van der Waals surface area contributed by atoms with Crippen LogP contribution in [0.5, 0.6) is 0 Å². The predicted molar refractivity (Wildman–Crippen MR) is 70.7 cm³/mol. The second-order valence-corrected chi connectivity index (χ2v) is 5.11. The summed E-state index contributed by atoms with van der Waals surface area (Å²) in [6.07, 6.45) is -3.94. The van der Waals surface area contributed by atoms with Gasteiger partial charge in [0.1, 0.15) is 0 Å². The Kier molecular flexibility index (Phi) is 5.56. The average molecular weight is 288 g/mol. The van der Waals surface area contributed by atoms with Crippen molar-refractivity contribution in [3.8, 4) is 0 Å². The smallest absolute Gasteiger partial charge is 0.351 e. The molecule has 1 aromatic carbocycles. The first kappa shape index (κ1) is 16.5. The zero-order valence-electron chi connectivity index (χ0n) is 11.5. The molecule has 0 aliphatic carbocycles. The number of halogens is 3. The molecular formula is C14H19F3N2O. The van der Waals surface area contributed by atoms with E-state index in [0.717, 1.165) is 6.07 Å². The van der Waals surface area contributed by atoms with Crippen molar-refractivity contribution in [1.29, 1.82) is 0 Å². The SMILES string of the molecule is CC(C)C[C@H](N)C(=O)NCc1ccccc1C(F)(F)F. The van der Waals surface area contributed by atoms with E-state index in [1.807, 2.05) is 13.8 Å². The number of carbonyl (C=O) groups excluding carboxylic acids is 1. The van der Waals surface area contributed by atoms with E-state index in [4.69, 9.17) is 5.73 Å². The van der Waals surface area contributed by atoms with Crippen molar-refractivity contribution in [3.63, 3.8) is 0 Å². The van der Waals surface area contributed by atoms with Crippen LogP contribution >= 0.6 is 0 Å². The Labute approximate surface area is 116 Å². The van der Waals surface area contributed by atoms with Gasteiger partial charge in [0.2, 0.25) is 5.91 Å². The van der Waals surface area contributed by atoms with Crippen molar-refractivity contribution in [2.45, 2.75) is 39.0 Å². The standard InChI is InChI=1S/C14H19F3N2O/c1-9(2)7-12(18)13(20)19-8-10-5-3-4-6-11(10)14(15,16)17/h3-6,9,12H,7-8,18H2,1-2H3,(H,19,20)/t12-/m0/s1. The quantitative estimate of drug-likeness (QED) is 0.875. The Morgan fingerprint density at radius 2 is 1.90 bits per heavy atom. The molecule has 0 aliphatic rings. The highest BCUT2D eigenvalue weighted by Gasteiger charge is 2.32. The van der Waals surface area contributed by atoms with Crippen LogP contribution < -0.4 is 11.1 Å². The largest absolute Gasteiger partial charge is 0.416 e. The highest BCUT2D eigenvalue weighted by Crippen LogP contribution is 2.31. The first-order chi connectivity index (χ1) is 9.21. The van der Waals surface area contributed by atoms with E-state index in [0.29, 0.717) is 6.42 Å². The monoisotopic (exact) mass is 288 g/mol. The van der Waals surface area contributed by atoms with E-state index in [2.05, 4.69) is 5.32 Å². The number of amides is 1. The van der Waals surface area contributed by atoms with E-state index in [1.54, 1.807) is 0 Å². The highest BCUT2D eigenvalue weighted by molar-refractivity contribution is 5.81. The van der Waals surface area contributed by atoms with Crippen molar-refractivity contribution in [3.05, 3.63) is 35.4 Å². The molecule has 1 amide bonds. The molecule has 1 aromatic rings. The van der Waals surface area contributed by atoms with Gasteiger partial charge >= 0.3 is 6.18 Å². The van der Waals surface area contributed by atoms with Gasteiger partial charge in [-0.05, 0) is 24.0 Å². The Morgan fingerprint density at radius 1 is 1.30 bits per heavy atom. The molecule has 0 unspecified atom stereocenters. The zero-order valence-corrected chi connectivity index (χ0v) is 11.5. The maximum atomic E-state index is 12.8. The van der Waals surface area contributed by atoms with Crippen LogP contribution in [0, 0.1) is 5.92 Å². The van der Waals surface area contributed by atoms with Gasteiger partial charge in [-0.15, -0.1) is 0 Å². The van der Waals surface area contributed by atoms with E-state index >= 15 is 0 Å². The molecule has 0 saturated heterocycles. The van der Waals surface area contributed by atoms with Crippen LogP contribution in [-0.4, -0.2) is 11.9 Å². The Hall–Kier alpha value is -1.56. The average Bonchev–Trinajstić information content (AvgIpc) is 2.34. The summed E-state index contributed by atoms with van der Waals surface area (Å²) in [6, 6.07) is 4.46. The van der Waals surface area contributed by atoms with Crippen molar-refractivity contribution in [1.82, 2.24) is 5.32 Å². The molecule has 0 heterocycles. The van der Waals surface area contributed by atoms with Crippen LogP contribution in [0.4, 0.5) is 13.2 Å². The number of hydrogen-bond donors (Lipinski definition) is 2. The fraction of sp³-hybridized carbons (Fsp3) is 0.500. The number of carbonyl (C=O) groups is 1. The maximum Gasteiger partial charge on any atom is 0.416 e. The van der Waals surface area contributed by atoms with Gasteiger partial charge in [0.15, 0.2) is 0 Å². The van der Waals surface area contributed by atoms with Gasteiger partial charge in [-0.25, -0.2) is 0 Å². The summed E-state index contributed by atoms with van der Waals surface area (Å²) < 4.78 is 38.3. The summed E-state index contributed by atoms with van der Waals surface area (Å²) in [4.78, 5) is 11.7. The molecule has 20 heavy (non-hydrogen) atoms. The van der Waals surface area contributed by atoms with E-state index in [9.17, 15) is 18.0 Å². The van der Waals surface area contributed by atoms with Crippen LogP contribution in [0.1, 0.15) is 31.4 Å². The summed E-state index contributed by atoms with van der Waals surface area (Å²) in [7, 11) is 0. The fourth-order valence-corrected chi connectivity index (χ4v) is 1.88. The molecule has 0 saturated carbocycles. The third-order valence-corrected chi connectivity index (χ3v) is 2.84. The molecule has 1 rings (SSSR count). The van der Waals surface area contributed by atoms with Gasteiger partial charge in [0.05, 0.1) is 11.6 Å². The van der Waals surface area contributed by atoms with Crippen molar-refractivity contribution in [2.24, 2.45) is 11.7 Å². The molecule has 6 heteroatoms. The minimum Gasteiger partial charge on any atom is -0.351 e. The van der Waals surface area contributed by atoms with Crippen molar-refractivity contribution in [2.75, 3.05) is 0 Å². The van der Waals surface area contributed by atoms with Gasteiger partial charge in [-0.2, -0.15) is 13.2 Å². The molecule has 1 atom stereocenters. The minimum atomic E-state index is -4.43. The summed E-state index contributed by atoms with van der Waals surface area (Å²) in [5.74, 6) is -0.186. The number of hydrogen-bond acceptors (Lipinski definition) is 2. The minimum absolute atomic E-state index is 0.0325. The van der Waals surface area contributed by atoms with Gasteiger partial charge in [0.25, 0.3) is 0 Å². The second-order valence-electron chi connectivity index (χ2n) is 5.11. The predicted octanol–water partition coefficient (Wildman–Crippen LogP) is 2.70. The third kappa shape index (κ3) is 4.85. The highest BCUT2D eigenvalue weighted by atomic mass is 19.4. The fourth-order valence-electron chi connectivity index (χ4n) is 1.88. The van der Waals surface area contributed by atoms with E-state index < -0.39 is 23.7 Å². The molecule has 0 spiro atoms. The summed E-state index contributed by atoms with van der Waals surface area (Å²) in [5.41, 5.74) is 4.97. The van der Waals surface area contributed by atoms with Crippen LogP contribution in [0.15, 0.2) is 24.3 Å². The number of nitrogens with one attached hydrogen (secondary N) is 1. The van der Waals surface area contributed by atoms with Crippen LogP contribution in [0.2, 0.25) is 0 Å². The molecule has 0 aliphatic heterocycles. The van der Waals surface area contributed by atoms with Crippen LogP contribution in [-0.2, 0) is 17.5 Å². The lowest BCUT2D eigenvalue weighted by molar-refractivity contribution is -0.138. The molecule has 112 valence electrons. The lowest BCUT2D eigenvalue weighted by atomic mass is 10.0. The first-order valence-corrected chi connectivity index (χ1v) is 6.40. The van der Waals surface area contributed by atoms with Crippen molar-refractivity contribution >= 4 is 5.91 Å². The lowest BCUT2D eigenvalue weighted by Crippen LogP contribution is -2.41. The van der Waals surface area contributed by atoms with Gasteiger partial charge in [0, 0.05) is 6.54 Å². The van der Waals surface area contributed by atoms with E-state index in [1.165, 1.54) is 18.2 Å². The molecule has 0 bridgehead atoms. The van der Waals surface area contributed by atoms with Gasteiger partial charge < -0.3 is 11.1 Å². The first-order valence-electron chi connectivity index (χ1n) is 6.40. The zero-order chi connectivity index (χ0) is 15.3. The van der Waals surface area contributed by atoms with Crippen molar-refractivity contribution < 1.29 is 18.0 Å². The Morgan fingerprint density at radius 3 is 2.45 bits per heavy atom. The summed E-state index contributed by atoms with van der Waals surface area (Å²) >= 11 is 0. The summed E-state index contributed by atoms with van der Waals surface area (Å²) in [6.45, 7) is 3.67. The molecule has 0 fully saturated rings. The number of alkyl halides is 3. The molecule has 0 aromatic heterocycles. The number of rotatable bonds is 5. The molecule has 3 nitrogen and oxygen atoms in total. The molecule has 0 radical (unpaired) electrons. The molecular weight excluding hydrogens is 269 g/mol. The normalized spacial score (nSPS) is 13.3.